The first-order chi connectivity index (χ1) is 12.7. The molecule has 27 heavy (non-hydrogen) atoms. The van der Waals surface area contributed by atoms with Crippen molar-refractivity contribution in [1.82, 2.24) is 20.5 Å². The molecule has 1 saturated heterocycles. The van der Waals surface area contributed by atoms with Gasteiger partial charge in [0.2, 0.25) is 11.8 Å². The largest absolute Gasteiger partial charge is 0.481 e. The number of nitrogens with one attached hydrogen (secondary N) is 2. The number of hydrogen-bond donors (Lipinski definition) is 2. The van der Waals surface area contributed by atoms with E-state index in [0.717, 1.165) is 63.5 Å². The number of pyridine rings is 1. The van der Waals surface area contributed by atoms with Gasteiger partial charge in [-0.3, -0.25) is 4.79 Å². The Morgan fingerprint density at radius 3 is 2.93 bits per heavy atom. The number of likely N-dealkylation sites (tertiary alicyclic amines) is 1. The van der Waals surface area contributed by atoms with Gasteiger partial charge >= 0.3 is 0 Å². The first kappa shape index (κ1) is 23.5. The summed E-state index contributed by atoms with van der Waals surface area (Å²) in [6.45, 7) is 5.80. The molecule has 0 bridgehead atoms. The Bertz CT molecular complexity index is 597. The van der Waals surface area contributed by atoms with E-state index < -0.39 is 0 Å². The molecule has 1 fully saturated rings. The Balaban J connectivity index is 0.00000364. The number of carbonyl (C=O) groups excluding carboxylic acids is 1. The zero-order valence-electron chi connectivity index (χ0n) is 16.4. The first-order valence-corrected chi connectivity index (χ1v) is 9.52. The Hall–Kier alpha value is -1.58. The lowest BCUT2D eigenvalue weighted by atomic mass is 10.2. The van der Waals surface area contributed by atoms with Gasteiger partial charge in [-0.25, -0.2) is 9.98 Å². The summed E-state index contributed by atoms with van der Waals surface area (Å²) in [5.41, 5.74) is 0.858. The number of nitrogens with zero attached hydrogens (tertiary/aromatic N) is 3. The predicted octanol–water partition coefficient (Wildman–Crippen LogP) is 2.56. The molecule has 1 aliphatic heterocycles. The minimum absolute atomic E-state index is 0. The number of halogens is 1. The fraction of sp³-hybridized carbons (Fsp3) is 0.632. The van der Waals surface area contributed by atoms with Crippen LogP contribution in [0, 0.1) is 0 Å². The van der Waals surface area contributed by atoms with E-state index in [0.29, 0.717) is 24.8 Å². The standard InChI is InChI=1S/C19H31N5O2.HI/c1-3-20-19(22-15-16-9-7-10-17(23-16)26-2)21-12-8-14-24-13-6-4-5-11-18(24)25;/h7,9-10H,3-6,8,11-15H2,1-2H3,(H2,20,21,22);1H. The molecule has 1 aliphatic rings. The zero-order chi connectivity index (χ0) is 18.6. The molecule has 2 heterocycles. The lowest BCUT2D eigenvalue weighted by molar-refractivity contribution is -0.130. The summed E-state index contributed by atoms with van der Waals surface area (Å²) in [6.07, 6.45) is 4.93. The van der Waals surface area contributed by atoms with E-state index in [1.807, 2.05) is 30.0 Å². The van der Waals surface area contributed by atoms with Crippen molar-refractivity contribution in [1.29, 1.82) is 0 Å². The third-order valence-electron chi connectivity index (χ3n) is 4.30. The number of aromatic nitrogens is 1. The average molecular weight is 489 g/mol. The Labute approximate surface area is 179 Å². The first-order valence-electron chi connectivity index (χ1n) is 9.52. The molecule has 152 valence electrons. The maximum atomic E-state index is 12.0. The van der Waals surface area contributed by atoms with Gasteiger partial charge in [0, 0.05) is 38.7 Å². The monoisotopic (exact) mass is 489 g/mol. The summed E-state index contributed by atoms with van der Waals surface area (Å²) in [5, 5.41) is 6.57. The summed E-state index contributed by atoms with van der Waals surface area (Å²) in [4.78, 5) is 22.9. The number of ether oxygens (including phenoxy) is 1. The summed E-state index contributed by atoms with van der Waals surface area (Å²) in [7, 11) is 1.61. The molecule has 1 amide bonds. The summed E-state index contributed by atoms with van der Waals surface area (Å²) >= 11 is 0. The maximum Gasteiger partial charge on any atom is 0.222 e. The van der Waals surface area contributed by atoms with Gasteiger partial charge in [0.1, 0.15) is 0 Å². The number of aliphatic imine (C=N–C) groups is 1. The van der Waals surface area contributed by atoms with Gasteiger partial charge in [-0.15, -0.1) is 24.0 Å². The predicted molar refractivity (Wildman–Crippen MR) is 119 cm³/mol. The number of carbonyl (C=O) groups is 1. The highest BCUT2D eigenvalue weighted by atomic mass is 127. The summed E-state index contributed by atoms with van der Waals surface area (Å²) in [6, 6.07) is 5.66. The molecule has 0 saturated carbocycles. The second kappa shape index (κ2) is 13.6. The minimum Gasteiger partial charge on any atom is -0.481 e. The Kier molecular flexibility index (Phi) is 11.8. The molecule has 7 nitrogen and oxygen atoms in total. The lowest BCUT2D eigenvalue weighted by Gasteiger charge is -2.20. The fourth-order valence-corrected chi connectivity index (χ4v) is 2.91. The van der Waals surface area contributed by atoms with Crippen LogP contribution in [0.5, 0.6) is 5.88 Å². The van der Waals surface area contributed by atoms with Crippen molar-refractivity contribution in [2.45, 2.75) is 45.6 Å². The van der Waals surface area contributed by atoms with Crippen LogP contribution < -0.4 is 15.4 Å². The summed E-state index contributed by atoms with van der Waals surface area (Å²) < 4.78 is 5.14. The number of methoxy groups -OCH3 is 1. The SMILES string of the molecule is CCNC(=NCc1cccc(OC)n1)NCCCN1CCCCCC1=O.I. The molecule has 0 aliphatic carbocycles. The van der Waals surface area contributed by atoms with Crippen LogP contribution in [0.3, 0.4) is 0 Å². The van der Waals surface area contributed by atoms with Crippen molar-refractivity contribution >= 4 is 35.8 Å². The Morgan fingerprint density at radius 1 is 1.30 bits per heavy atom. The molecule has 0 atom stereocenters. The highest BCUT2D eigenvalue weighted by Crippen LogP contribution is 2.11. The van der Waals surface area contributed by atoms with Gasteiger partial charge in [0.25, 0.3) is 0 Å². The van der Waals surface area contributed by atoms with Crippen LogP contribution in [0.15, 0.2) is 23.2 Å². The molecule has 2 N–H and O–H groups in total. The molecule has 1 aromatic heterocycles. The molecule has 0 radical (unpaired) electrons. The van der Waals surface area contributed by atoms with Crippen LogP contribution in [0.2, 0.25) is 0 Å². The molecular weight excluding hydrogens is 457 g/mol. The van der Waals surface area contributed by atoms with Gasteiger partial charge in [-0.1, -0.05) is 12.5 Å². The zero-order valence-corrected chi connectivity index (χ0v) is 18.7. The van der Waals surface area contributed by atoms with E-state index in [9.17, 15) is 4.79 Å². The molecule has 0 unspecified atom stereocenters. The Morgan fingerprint density at radius 2 is 2.15 bits per heavy atom. The van der Waals surface area contributed by atoms with Crippen molar-refractivity contribution < 1.29 is 9.53 Å². The van der Waals surface area contributed by atoms with Crippen LogP contribution in [-0.4, -0.2) is 55.0 Å². The third-order valence-corrected chi connectivity index (χ3v) is 4.30. The van der Waals surface area contributed by atoms with Crippen LogP contribution in [-0.2, 0) is 11.3 Å². The van der Waals surface area contributed by atoms with E-state index in [4.69, 9.17) is 4.74 Å². The molecule has 2 rings (SSSR count). The van der Waals surface area contributed by atoms with E-state index in [1.165, 1.54) is 0 Å². The van der Waals surface area contributed by atoms with Crippen molar-refractivity contribution in [3.63, 3.8) is 0 Å². The van der Waals surface area contributed by atoms with E-state index in [1.54, 1.807) is 7.11 Å². The fourth-order valence-electron chi connectivity index (χ4n) is 2.91. The lowest BCUT2D eigenvalue weighted by Crippen LogP contribution is -2.39. The molecule has 0 spiro atoms. The molecule has 1 aromatic rings. The van der Waals surface area contributed by atoms with Crippen LogP contribution >= 0.6 is 24.0 Å². The van der Waals surface area contributed by atoms with Crippen LogP contribution in [0.4, 0.5) is 0 Å². The highest BCUT2D eigenvalue weighted by Gasteiger charge is 2.15. The second-order valence-electron chi connectivity index (χ2n) is 6.34. The van der Waals surface area contributed by atoms with Gasteiger partial charge in [0.15, 0.2) is 5.96 Å². The van der Waals surface area contributed by atoms with E-state index in [-0.39, 0.29) is 24.0 Å². The molecule has 0 aromatic carbocycles. The van der Waals surface area contributed by atoms with E-state index in [2.05, 4.69) is 20.6 Å². The highest BCUT2D eigenvalue weighted by molar-refractivity contribution is 14.0. The smallest absolute Gasteiger partial charge is 0.222 e. The van der Waals surface area contributed by atoms with Crippen LogP contribution in [0.1, 0.15) is 44.7 Å². The van der Waals surface area contributed by atoms with Crippen molar-refractivity contribution in [3.05, 3.63) is 23.9 Å². The number of rotatable bonds is 8. The van der Waals surface area contributed by atoms with Gasteiger partial charge in [0.05, 0.1) is 19.3 Å². The van der Waals surface area contributed by atoms with Crippen LogP contribution in [0.25, 0.3) is 0 Å². The van der Waals surface area contributed by atoms with Gasteiger partial charge in [-0.2, -0.15) is 0 Å². The normalized spacial score (nSPS) is 15.0. The maximum absolute atomic E-state index is 12.0. The van der Waals surface area contributed by atoms with Crippen molar-refractivity contribution in [3.8, 4) is 5.88 Å². The van der Waals surface area contributed by atoms with Gasteiger partial charge in [-0.05, 0) is 32.3 Å². The quantitative estimate of drug-likeness (QED) is 0.254. The number of guanidine groups is 1. The third kappa shape index (κ3) is 8.77. The topological polar surface area (TPSA) is 78.9 Å². The van der Waals surface area contributed by atoms with Crippen molar-refractivity contribution in [2.75, 3.05) is 33.3 Å². The number of amides is 1. The molecular formula is C19H32IN5O2. The average Bonchev–Trinajstić information content (AvgIpc) is 2.87. The minimum atomic E-state index is 0. The summed E-state index contributed by atoms with van der Waals surface area (Å²) in [5.74, 6) is 1.66. The second-order valence-corrected chi connectivity index (χ2v) is 6.34. The number of hydrogen-bond acceptors (Lipinski definition) is 4. The van der Waals surface area contributed by atoms with E-state index >= 15 is 0 Å². The van der Waals surface area contributed by atoms with Crippen molar-refractivity contribution in [2.24, 2.45) is 4.99 Å². The molecule has 8 heteroatoms. The van der Waals surface area contributed by atoms with Gasteiger partial charge < -0.3 is 20.3 Å².